The summed E-state index contributed by atoms with van der Waals surface area (Å²) < 4.78 is 2.37. The van der Waals surface area contributed by atoms with Gasteiger partial charge >= 0.3 is 0 Å². The number of allylic oxidation sites excluding steroid dienone is 2. The fraction of sp³-hybridized carbons (Fsp3) is 0.333. The van der Waals surface area contributed by atoms with Gasteiger partial charge in [0.2, 0.25) is 0 Å². The molecule has 0 N–H and O–H groups in total. The largest absolute Gasteiger partial charge is 0.399 e. The lowest BCUT2D eigenvalue weighted by atomic mass is 10.0. The van der Waals surface area contributed by atoms with Crippen molar-refractivity contribution in [1.29, 1.82) is 0 Å². The summed E-state index contributed by atoms with van der Waals surface area (Å²) in [6.45, 7) is 0. The number of hydrogen-bond acceptors (Lipinski definition) is 5. The summed E-state index contributed by atoms with van der Waals surface area (Å²) in [7, 11) is 1.58. The average Bonchev–Trinajstić information content (AvgIpc) is 2.88. The highest BCUT2D eigenvalue weighted by Gasteiger charge is 2.15. The summed E-state index contributed by atoms with van der Waals surface area (Å²) in [5.74, 6) is 0. The molecule has 0 bridgehead atoms. The molecule has 0 aliphatic heterocycles. The van der Waals surface area contributed by atoms with Gasteiger partial charge < -0.3 is 4.84 Å². The summed E-state index contributed by atoms with van der Waals surface area (Å²) in [4.78, 5) is 10.9. The summed E-state index contributed by atoms with van der Waals surface area (Å²) in [5.41, 5.74) is 2.38. The smallest absolute Gasteiger partial charge is 0.155 e. The van der Waals surface area contributed by atoms with Gasteiger partial charge in [0.15, 0.2) is 4.34 Å². The molecule has 0 radical (unpaired) electrons. The zero-order valence-corrected chi connectivity index (χ0v) is 13.0. The van der Waals surface area contributed by atoms with Crippen molar-refractivity contribution in [2.75, 3.05) is 7.11 Å². The second kappa shape index (κ2) is 6.41. The van der Waals surface area contributed by atoms with Gasteiger partial charge in [0, 0.05) is 0 Å². The maximum atomic E-state index is 4.80. The molecule has 0 spiro atoms. The van der Waals surface area contributed by atoms with E-state index in [0.29, 0.717) is 0 Å². The molecule has 3 nitrogen and oxygen atoms in total. The van der Waals surface area contributed by atoms with Crippen LogP contribution in [0.2, 0.25) is 0 Å². The number of nitrogens with zero attached hydrogens (tertiary/aromatic N) is 2. The molecule has 1 aromatic carbocycles. The predicted molar refractivity (Wildman–Crippen MR) is 86.5 cm³/mol. The minimum Gasteiger partial charge on any atom is -0.399 e. The third-order valence-electron chi connectivity index (χ3n) is 3.26. The van der Waals surface area contributed by atoms with Crippen molar-refractivity contribution >= 4 is 39.5 Å². The first-order valence-corrected chi connectivity index (χ1v) is 8.32. The maximum absolute atomic E-state index is 4.80. The van der Waals surface area contributed by atoms with E-state index in [9.17, 15) is 0 Å². The lowest BCUT2D eigenvalue weighted by Crippen LogP contribution is -1.99. The van der Waals surface area contributed by atoms with Crippen molar-refractivity contribution in [2.45, 2.75) is 30.0 Å². The number of oxime groups is 1. The number of hydrogen-bond donors (Lipinski definition) is 0. The Kier molecular flexibility index (Phi) is 4.38. The van der Waals surface area contributed by atoms with E-state index in [-0.39, 0.29) is 0 Å². The van der Waals surface area contributed by atoms with Crippen LogP contribution in [0.1, 0.15) is 25.7 Å². The molecule has 1 aliphatic carbocycles. The normalized spacial score (nSPS) is 16.2. The highest BCUT2D eigenvalue weighted by atomic mass is 32.2. The summed E-state index contributed by atoms with van der Waals surface area (Å²) in [5, 5.41) is 3.92. The lowest BCUT2D eigenvalue weighted by Gasteiger charge is -2.15. The fourth-order valence-corrected chi connectivity index (χ4v) is 4.59. The summed E-state index contributed by atoms with van der Waals surface area (Å²) in [6, 6.07) is 8.29. The van der Waals surface area contributed by atoms with Gasteiger partial charge in [-0.3, -0.25) is 0 Å². The molecule has 0 atom stereocenters. The summed E-state index contributed by atoms with van der Waals surface area (Å²) >= 11 is 3.55. The highest BCUT2D eigenvalue weighted by molar-refractivity contribution is 8.04. The van der Waals surface area contributed by atoms with Crippen molar-refractivity contribution in [3.8, 4) is 0 Å². The Hall–Kier alpha value is -1.33. The van der Waals surface area contributed by atoms with Crippen LogP contribution >= 0.6 is 23.1 Å². The van der Waals surface area contributed by atoms with Crippen LogP contribution in [-0.4, -0.2) is 18.3 Å². The first-order chi connectivity index (χ1) is 9.86. The third-order valence-corrected chi connectivity index (χ3v) is 5.57. The minimum atomic E-state index is 1.08. The molecule has 104 valence electrons. The van der Waals surface area contributed by atoms with E-state index in [4.69, 9.17) is 9.82 Å². The van der Waals surface area contributed by atoms with Crippen LogP contribution in [0.3, 0.4) is 0 Å². The van der Waals surface area contributed by atoms with E-state index in [1.54, 1.807) is 30.2 Å². The number of aromatic nitrogens is 1. The van der Waals surface area contributed by atoms with Gasteiger partial charge in [-0.05, 0) is 48.3 Å². The molecule has 1 heterocycles. The maximum Gasteiger partial charge on any atom is 0.155 e. The van der Waals surface area contributed by atoms with Crippen molar-refractivity contribution in [2.24, 2.45) is 5.16 Å². The molecule has 20 heavy (non-hydrogen) atoms. The van der Waals surface area contributed by atoms with Crippen LogP contribution in [0.15, 0.2) is 44.2 Å². The Bertz CT molecular complexity index is 628. The number of benzene rings is 1. The molecule has 2 aromatic rings. The van der Waals surface area contributed by atoms with Gasteiger partial charge in [0.05, 0.1) is 16.4 Å². The van der Waals surface area contributed by atoms with Crippen molar-refractivity contribution in [1.82, 2.24) is 4.98 Å². The molecule has 0 unspecified atom stereocenters. The third kappa shape index (κ3) is 3.04. The van der Waals surface area contributed by atoms with Crippen molar-refractivity contribution in [3.05, 3.63) is 34.7 Å². The second-order valence-electron chi connectivity index (χ2n) is 4.62. The zero-order valence-electron chi connectivity index (χ0n) is 11.3. The second-order valence-corrected chi connectivity index (χ2v) is 6.99. The predicted octanol–water partition coefficient (Wildman–Crippen LogP) is 4.85. The van der Waals surface area contributed by atoms with Crippen LogP contribution in [0.4, 0.5) is 0 Å². The monoisotopic (exact) mass is 304 g/mol. The molecule has 1 aromatic heterocycles. The van der Waals surface area contributed by atoms with Crippen molar-refractivity contribution in [3.63, 3.8) is 0 Å². The number of thiazole rings is 1. The molecule has 0 fully saturated rings. The van der Waals surface area contributed by atoms with Gasteiger partial charge in [0.25, 0.3) is 0 Å². The number of thioether (sulfide) groups is 1. The zero-order chi connectivity index (χ0) is 13.8. The molecular formula is C15H16N2OS2. The average molecular weight is 304 g/mol. The van der Waals surface area contributed by atoms with Crippen LogP contribution in [0.5, 0.6) is 0 Å². The van der Waals surface area contributed by atoms with Crippen LogP contribution in [0, 0.1) is 0 Å². The van der Waals surface area contributed by atoms with E-state index >= 15 is 0 Å². The molecule has 1 aliphatic rings. The van der Waals surface area contributed by atoms with E-state index in [1.165, 1.54) is 28.0 Å². The first-order valence-electron chi connectivity index (χ1n) is 6.69. The Balaban J connectivity index is 1.87. The van der Waals surface area contributed by atoms with Crippen LogP contribution in [-0.2, 0) is 4.84 Å². The Morgan fingerprint density at radius 1 is 1.30 bits per heavy atom. The van der Waals surface area contributed by atoms with Crippen molar-refractivity contribution < 1.29 is 4.84 Å². The van der Waals surface area contributed by atoms with Gasteiger partial charge in [-0.1, -0.05) is 29.1 Å². The molecule has 5 heteroatoms. The Morgan fingerprint density at radius 3 is 3.00 bits per heavy atom. The topological polar surface area (TPSA) is 34.5 Å². The molecule has 3 rings (SSSR count). The Morgan fingerprint density at radius 2 is 2.15 bits per heavy atom. The minimum absolute atomic E-state index is 1.08. The molecular weight excluding hydrogens is 288 g/mol. The van der Waals surface area contributed by atoms with Gasteiger partial charge in [-0.25, -0.2) is 4.98 Å². The Labute approximate surface area is 126 Å². The van der Waals surface area contributed by atoms with Crippen LogP contribution < -0.4 is 0 Å². The standard InChI is InChI=1S/C15H16N2OS2/c1-18-16-10-11-6-2-4-8-13(11)19-15-17-12-7-3-5-9-14(12)20-15/h3,5,7,9-10H,2,4,6,8H2,1H3/b16-10+. The van der Waals surface area contributed by atoms with E-state index in [1.807, 2.05) is 12.3 Å². The number of para-hydroxylation sites is 1. The lowest BCUT2D eigenvalue weighted by molar-refractivity contribution is 0.215. The van der Waals surface area contributed by atoms with E-state index in [2.05, 4.69) is 23.4 Å². The molecule has 0 saturated carbocycles. The molecule has 0 saturated heterocycles. The fourth-order valence-electron chi connectivity index (χ4n) is 2.27. The van der Waals surface area contributed by atoms with E-state index in [0.717, 1.165) is 22.7 Å². The molecule has 0 amide bonds. The van der Waals surface area contributed by atoms with Gasteiger partial charge in [-0.15, -0.1) is 11.3 Å². The van der Waals surface area contributed by atoms with Gasteiger partial charge in [0.1, 0.15) is 7.11 Å². The number of fused-ring (bicyclic) bond motifs is 1. The number of rotatable bonds is 4. The van der Waals surface area contributed by atoms with Crippen LogP contribution in [0.25, 0.3) is 10.2 Å². The quantitative estimate of drug-likeness (QED) is 0.598. The van der Waals surface area contributed by atoms with E-state index < -0.39 is 0 Å². The first kappa shape index (κ1) is 13.6. The summed E-state index contributed by atoms with van der Waals surface area (Å²) in [6.07, 6.45) is 6.53. The highest BCUT2D eigenvalue weighted by Crippen LogP contribution is 2.39. The SMILES string of the molecule is CO/N=C/C1=C(Sc2nc3ccccc3s2)CCCC1. The van der Waals surface area contributed by atoms with Gasteiger partial charge in [-0.2, -0.15) is 0 Å².